The average molecular weight is 427 g/mol. The lowest BCUT2D eigenvalue weighted by molar-refractivity contribution is -0.116. The number of benzene rings is 1. The summed E-state index contributed by atoms with van der Waals surface area (Å²) in [5, 5.41) is 10.9. The predicted octanol–water partition coefficient (Wildman–Crippen LogP) is 2.46. The van der Waals surface area contributed by atoms with Crippen molar-refractivity contribution in [1.82, 2.24) is 14.5 Å². The monoisotopic (exact) mass is 426 g/mol. The van der Waals surface area contributed by atoms with Crippen LogP contribution in [0.5, 0.6) is 0 Å². The molecule has 1 aliphatic rings. The van der Waals surface area contributed by atoms with Crippen LogP contribution < -0.4 is 5.32 Å². The van der Waals surface area contributed by atoms with E-state index in [9.17, 15) is 18.0 Å². The van der Waals surface area contributed by atoms with Crippen LogP contribution in [0.2, 0.25) is 0 Å². The van der Waals surface area contributed by atoms with Crippen molar-refractivity contribution in [1.29, 1.82) is 0 Å². The molecule has 0 spiro atoms. The molecule has 8 nitrogen and oxygen atoms in total. The summed E-state index contributed by atoms with van der Waals surface area (Å²) in [5.41, 5.74) is 0.133. The number of anilines is 1. The molecule has 3 rings (SSSR count). The molecule has 2 amide bonds. The number of fused-ring (bicyclic) bond motifs is 1. The third-order valence-electron chi connectivity index (χ3n) is 3.65. The lowest BCUT2D eigenvalue weighted by Gasteiger charge is -2.14. The number of rotatable bonds is 7. The SMILES string of the molecule is CC(C)CSc1nnc(NC(=O)CCN2C(=O)c3ccccc3S2(=O)=O)s1. The highest BCUT2D eigenvalue weighted by Crippen LogP contribution is 2.30. The number of amides is 2. The van der Waals surface area contributed by atoms with Crippen LogP contribution in [-0.2, 0) is 14.8 Å². The number of thioether (sulfide) groups is 1. The molecule has 1 aromatic carbocycles. The number of hydrogen-bond acceptors (Lipinski definition) is 8. The maximum absolute atomic E-state index is 12.4. The molecule has 0 unspecified atom stereocenters. The molecule has 144 valence electrons. The number of carbonyl (C=O) groups is 2. The van der Waals surface area contributed by atoms with E-state index < -0.39 is 21.8 Å². The first-order valence-electron chi connectivity index (χ1n) is 8.21. The highest BCUT2D eigenvalue weighted by molar-refractivity contribution is 8.01. The number of sulfonamides is 1. The molecule has 1 aromatic heterocycles. The van der Waals surface area contributed by atoms with Crippen molar-refractivity contribution in [2.24, 2.45) is 5.92 Å². The maximum atomic E-state index is 12.4. The molecule has 0 saturated carbocycles. The third-order valence-corrected chi connectivity index (χ3v) is 7.89. The van der Waals surface area contributed by atoms with Gasteiger partial charge in [-0.1, -0.05) is 49.1 Å². The number of carbonyl (C=O) groups excluding carboxylic acids is 2. The molecule has 0 atom stereocenters. The fourth-order valence-electron chi connectivity index (χ4n) is 2.39. The summed E-state index contributed by atoms with van der Waals surface area (Å²) in [6.45, 7) is 3.97. The van der Waals surface area contributed by atoms with Crippen molar-refractivity contribution in [2.75, 3.05) is 17.6 Å². The van der Waals surface area contributed by atoms with Crippen molar-refractivity contribution >= 4 is 50.1 Å². The van der Waals surface area contributed by atoms with Gasteiger partial charge in [0.1, 0.15) is 4.90 Å². The van der Waals surface area contributed by atoms with E-state index in [4.69, 9.17) is 0 Å². The smallest absolute Gasteiger partial charge is 0.269 e. The fraction of sp³-hybridized carbons (Fsp3) is 0.375. The lowest BCUT2D eigenvalue weighted by Crippen LogP contribution is -2.33. The zero-order valence-corrected chi connectivity index (χ0v) is 17.2. The average Bonchev–Trinajstić information content (AvgIpc) is 3.13. The highest BCUT2D eigenvalue weighted by atomic mass is 32.2. The Hall–Kier alpha value is -1.98. The van der Waals surface area contributed by atoms with Crippen LogP contribution in [0.25, 0.3) is 0 Å². The largest absolute Gasteiger partial charge is 0.300 e. The first-order chi connectivity index (χ1) is 12.8. The second-order valence-corrected chi connectivity index (χ2v) is 10.3. The molecule has 11 heteroatoms. The van der Waals surface area contributed by atoms with Crippen molar-refractivity contribution in [3.8, 4) is 0 Å². The number of hydrogen-bond donors (Lipinski definition) is 1. The summed E-state index contributed by atoms with van der Waals surface area (Å²) >= 11 is 2.83. The van der Waals surface area contributed by atoms with Gasteiger partial charge >= 0.3 is 0 Å². The second-order valence-electron chi connectivity index (χ2n) is 6.25. The Morgan fingerprint density at radius 2 is 2.04 bits per heavy atom. The normalized spacial score (nSPS) is 15.2. The van der Waals surface area contributed by atoms with Gasteiger partial charge in [-0.2, -0.15) is 0 Å². The maximum Gasteiger partial charge on any atom is 0.269 e. The summed E-state index contributed by atoms with van der Waals surface area (Å²) in [6, 6.07) is 6.02. The van der Waals surface area contributed by atoms with Crippen molar-refractivity contribution in [3.63, 3.8) is 0 Å². The number of nitrogens with zero attached hydrogens (tertiary/aromatic N) is 3. The zero-order chi connectivity index (χ0) is 19.6. The van der Waals surface area contributed by atoms with Gasteiger partial charge in [-0.3, -0.25) is 9.59 Å². The first kappa shape index (κ1) is 19.8. The van der Waals surface area contributed by atoms with Crippen LogP contribution in [0.3, 0.4) is 0 Å². The van der Waals surface area contributed by atoms with Crippen molar-refractivity contribution in [3.05, 3.63) is 29.8 Å². The van der Waals surface area contributed by atoms with Gasteiger partial charge in [-0.15, -0.1) is 10.2 Å². The summed E-state index contributed by atoms with van der Waals surface area (Å²) in [4.78, 5) is 24.4. The van der Waals surface area contributed by atoms with E-state index in [2.05, 4.69) is 29.4 Å². The molecule has 0 saturated heterocycles. The predicted molar refractivity (Wildman–Crippen MR) is 103 cm³/mol. The van der Waals surface area contributed by atoms with Gasteiger partial charge in [-0.05, 0) is 18.1 Å². The van der Waals surface area contributed by atoms with Crippen LogP contribution in [0.15, 0.2) is 33.5 Å². The summed E-state index contributed by atoms with van der Waals surface area (Å²) < 4.78 is 26.4. The van der Waals surface area contributed by atoms with Gasteiger partial charge in [0.2, 0.25) is 11.0 Å². The molecule has 27 heavy (non-hydrogen) atoms. The van der Waals surface area contributed by atoms with E-state index in [1.54, 1.807) is 23.9 Å². The quantitative estimate of drug-likeness (QED) is 0.535. The topological polar surface area (TPSA) is 109 Å². The van der Waals surface area contributed by atoms with Crippen LogP contribution in [0, 0.1) is 5.92 Å². The summed E-state index contributed by atoms with van der Waals surface area (Å²) in [7, 11) is -3.90. The van der Waals surface area contributed by atoms with E-state index in [-0.39, 0.29) is 23.4 Å². The third kappa shape index (κ3) is 4.30. The molecule has 0 aliphatic carbocycles. The molecule has 1 aliphatic heterocycles. The van der Waals surface area contributed by atoms with E-state index >= 15 is 0 Å². The van der Waals surface area contributed by atoms with Gasteiger partial charge < -0.3 is 5.32 Å². The Kier molecular flexibility index (Phi) is 5.82. The number of aromatic nitrogens is 2. The van der Waals surface area contributed by atoms with E-state index in [0.717, 1.165) is 14.4 Å². The van der Waals surface area contributed by atoms with Gasteiger partial charge in [0, 0.05) is 18.7 Å². The van der Waals surface area contributed by atoms with Gasteiger partial charge in [0.05, 0.1) is 5.56 Å². The van der Waals surface area contributed by atoms with Gasteiger partial charge in [-0.25, -0.2) is 12.7 Å². The van der Waals surface area contributed by atoms with Crippen molar-refractivity contribution in [2.45, 2.75) is 29.5 Å². The minimum Gasteiger partial charge on any atom is -0.300 e. The highest BCUT2D eigenvalue weighted by Gasteiger charge is 2.40. The fourth-order valence-corrected chi connectivity index (χ4v) is 5.71. The van der Waals surface area contributed by atoms with Gasteiger partial charge in [0.25, 0.3) is 15.9 Å². The minimum atomic E-state index is -3.90. The van der Waals surface area contributed by atoms with E-state index in [0.29, 0.717) is 11.0 Å². The lowest BCUT2D eigenvalue weighted by atomic mass is 10.2. The second kappa shape index (κ2) is 7.95. The Morgan fingerprint density at radius 3 is 2.74 bits per heavy atom. The summed E-state index contributed by atoms with van der Waals surface area (Å²) in [5.74, 6) is 0.381. The summed E-state index contributed by atoms with van der Waals surface area (Å²) in [6.07, 6.45) is -0.160. The zero-order valence-electron chi connectivity index (χ0n) is 14.7. The van der Waals surface area contributed by atoms with Crippen LogP contribution in [0.1, 0.15) is 30.6 Å². The van der Waals surface area contributed by atoms with Crippen LogP contribution in [-0.4, -0.2) is 47.0 Å². The first-order valence-corrected chi connectivity index (χ1v) is 11.5. The molecule has 0 bridgehead atoms. The molecular formula is C16H18N4O4S3. The van der Waals surface area contributed by atoms with Crippen LogP contribution in [0.4, 0.5) is 5.13 Å². The van der Waals surface area contributed by atoms with E-state index in [1.807, 2.05) is 0 Å². The molecule has 2 heterocycles. The Bertz CT molecular complexity index is 972. The number of nitrogens with one attached hydrogen (secondary N) is 1. The molecule has 0 fully saturated rings. The standard InChI is InChI=1S/C16H18N4O4S3/c1-10(2)9-25-16-19-18-15(26-16)17-13(21)7-8-20-14(22)11-5-3-4-6-12(11)27(20,23)24/h3-6,10H,7-9H2,1-2H3,(H,17,18,21). The van der Waals surface area contributed by atoms with Crippen LogP contribution >= 0.6 is 23.1 Å². The molecular weight excluding hydrogens is 408 g/mol. The molecule has 0 radical (unpaired) electrons. The molecule has 1 N–H and O–H groups in total. The van der Waals surface area contributed by atoms with E-state index in [1.165, 1.54) is 23.5 Å². The molecule has 2 aromatic rings. The van der Waals surface area contributed by atoms with Gasteiger partial charge in [0.15, 0.2) is 4.34 Å². The Morgan fingerprint density at radius 1 is 1.30 bits per heavy atom. The Balaban J connectivity index is 1.58. The van der Waals surface area contributed by atoms with Crippen molar-refractivity contribution < 1.29 is 18.0 Å². The minimum absolute atomic E-state index is 0.0219. The Labute approximate surface area is 165 Å².